The maximum atomic E-state index is 12.5. The smallest absolute Gasteiger partial charge is 0.255 e. The molecule has 1 aliphatic rings. The molecule has 1 N–H and O–H groups in total. The molecule has 0 unspecified atom stereocenters. The van der Waals surface area contributed by atoms with Crippen molar-refractivity contribution in [3.63, 3.8) is 0 Å². The Morgan fingerprint density at radius 1 is 0.875 bits per heavy atom. The summed E-state index contributed by atoms with van der Waals surface area (Å²) in [7, 11) is 1.64. The Balaban J connectivity index is 1.19. The normalized spacial score (nSPS) is 13.4. The Labute approximate surface area is 233 Å². The first-order valence-electron chi connectivity index (χ1n) is 13.6. The predicted octanol–water partition coefficient (Wildman–Crippen LogP) is 6.92. The summed E-state index contributed by atoms with van der Waals surface area (Å²) in [6.07, 6.45) is 4.26. The van der Waals surface area contributed by atoms with Gasteiger partial charge in [-0.1, -0.05) is 30.3 Å². The minimum absolute atomic E-state index is 0.139. The number of ether oxygens (including phenoxy) is 3. The Morgan fingerprint density at radius 3 is 2.50 bits per heavy atom. The van der Waals surface area contributed by atoms with Crippen molar-refractivity contribution < 1.29 is 19.0 Å². The molecule has 1 saturated heterocycles. The second-order valence-corrected chi connectivity index (χ2v) is 9.87. The number of anilines is 1. The van der Waals surface area contributed by atoms with E-state index in [4.69, 9.17) is 14.2 Å². The fourth-order valence-electron chi connectivity index (χ4n) is 5.07. The van der Waals surface area contributed by atoms with Gasteiger partial charge in [-0.05, 0) is 85.2 Å². The van der Waals surface area contributed by atoms with Crippen LogP contribution in [-0.4, -0.2) is 49.1 Å². The molecule has 0 bridgehead atoms. The van der Waals surface area contributed by atoms with Crippen LogP contribution in [0.2, 0.25) is 0 Å². The van der Waals surface area contributed by atoms with Crippen LogP contribution >= 0.6 is 0 Å². The summed E-state index contributed by atoms with van der Waals surface area (Å²) in [5.74, 6) is 2.57. The quantitative estimate of drug-likeness (QED) is 0.222. The van der Waals surface area contributed by atoms with Crippen LogP contribution in [0.3, 0.4) is 0 Å². The van der Waals surface area contributed by atoms with E-state index < -0.39 is 0 Å². The van der Waals surface area contributed by atoms with Crippen molar-refractivity contribution in [2.75, 3.05) is 38.7 Å². The monoisotopic (exact) mass is 533 g/mol. The Morgan fingerprint density at radius 2 is 1.68 bits per heavy atom. The zero-order chi connectivity index (χ0) is 27.3. The van der Waals surface area contributed by atoms with Gasteiger partial charge in [-0.25, -0.2) is 0 Å². The van der Waals surface area contributed by atoms with Crippen molar-refractivity contribution in [3.8, 4) is 23.0 Å². The molecule has 7 heteroatoms. The number of fused-ring (bicyclic) bond motifs is 2. The fourth-order valence-corrected chi connectivity index (χ4v) is 5.07. The molecule has 0 radical (unpaired) electrons. The SMILES string of the molecule is COc1cc2c(Oc3ccc4cc(NC(=O)c5ccccc5)ccc4c3)ccnc2cc1OCCN1CCCC1. The highest BCUT2D eigenvalue weighted by Gasteiger charge is 2.15. The highest BCUT2D eigenvalue weighted by molar-refractivity contribution is 6.05. The number of likely N-dealkylation sites (tertiary alicyclic amines) is 1. The van der Waals surface area contributed by atoms with Crippen LogP contribution < -0.4 is 19.5 Å². The Kier molecular flexibility index (Phi) is 7.46. The second-order valence-electron chi connectivity index (χ2n) is 9.87. The lowest BCUT2D eigenvalue weighted by Crippen LogP contribution is -2.25. The fraction of sp³-hybridized carbons (Fsp3) is 0.212. The molecule has 0 atom stereocenters. The zero-order valence-electron chi connectivity index (χ0n) is 22.4. The van der Waals surface area contributed by atoms with Crippen LogP contribution in [-0.2, 0) is 0 Å². The van der Waals surface area contributed by atoms with Crippen LogP contribution in [0.15, 0.2) is 91.1 Å². The number of amides is 1. The molecule has 1 amide bonds. The van der Waals surface area contributed by atoms with Crippen molar-refractivity contribution in [3.05, 3.63) is 96.7 Å². The number of nitrogens with one attached hydrogen (secondary N) is 1. The predicted molar refractivity (Wildman–Crippen MR) is 158 cm³/mol. The van der Waals surface area contributed by atoms with Crippen molar-refractivity contribution in [1.82, 2.24) is 9.88 Å². The number of hydrogen-bond donors (Lipinski definition) is 1. The van der Waals surface area contributed by atoms with E-state index in [0.29, 0.717) is 35.2 Å². The lowest BCUT2D eigenvalue weighted by Gasteiger charge is -2.17. The number of pyridine rings is 1. The van der Waals surface area contributed by atoms with Crippen molar-refractivity contribution in [1.29, 1.82) is 0 Å². The van der Waals surface area contributed by atoms with Crippen LogP contribution in [0.1, 0.15) is 23.2 Å². The van der Waals surface area contributed by atoms with Gasteiger partial charge in [-0.3, -0.25) is 14.7 Å². The maximum Gasteiger partial charge on any atom is 0.255 e. The number of carbonyl (C=O) groups excluding carboxylic acids is 1. The van der Waals surface area contributed by atoms with Crippen molar-refractivity contribution in [2.45, 2.75) is 12.8 Å². The summed E-state index contributed by atoms with van der Waals surface area (Å²) in [5.41, 5.74) is 2.13. The van der Waals surface area contributed by atoms with E-state index in [2.05, 4.69) is 15.2 Å². The van der Waals surface area contributed by atoms with Gasteiger partial charge in [0.25, 0.3) is 5.91 Å². The van der Waals surface area contributed by atoms with Gasteiger partial charge in [-0.2, -0.15) is 0 Å². The van der Waals surface area contributed by atoms with E-state index in [1.54, 1.807) is 25.4 Å². The van der Waals surface area contributed by atoms with Crippen LogP contribution in [0.4, 0.5) is 5.69 Å². The molecule has 1 fully saturated rings. The molecule has 4 aromatic carbocycles. The molecule has 7 nitrogen and oxygen atoms in total. The van der Waals surface area contributed by atoms with E-state index in [0.717, 1.165) is 47.0 Å². The number of hydrogen-bond acceptors (Lipinski definition) is 6. The van der Waals surface area contributed by atoms with E-state index in [9.17, 15) is 4.79 Å². The standard InChI is InChI=1S/C33H31N3O4/c1-38-31-21-28-29(22-32(31)39-18-17-36-15-5-6-16-36)34-14-13-30(28)40-27-12-10-24-19-26(11-9-25(24)20-27)35-33(37)23-7-3-2-4-8-23/h2-4,7-14,19-22H,5-6,15-18H2,1H3,(H,35,37). The molecule has 0 spiro atoms. The third kappa shape index (κ3) is 5.70. The first kappa shape index (κ1) is 25.6. The zero-order valence-corrected chi connectivity index (χ0v) is 22.4. The summed E-state index contributed by atoms with van der Waals surface area (Å²) in [6.45, 7) is 3.79. The number of nitrogens with zero attached hydrogens (tertiary/aromatic N) is 2. The summed E-state index contributed by atoms with van der Waals surface area (Å²) in [5, 5.41) is 5.80. The first-order chi connectivity index (χ1) is 19.7. The Hall–Kier alpha value is -4.62. The van der Waals surface area contributed by atoms with Gasteiger partial charge in [-0.15, -0.1) is 0 Å². The number of benzene rings is 4. The maximum absolute atomic E-state index is 12.5. The van der Waals surface area contributed by atoms with Gasteiger partial charge in [0, 0.05) is 35.4 Å². The summed E-state index contributed by atoms with van der Waals surface area (Å²) in [6, 6.07) is 26.6. The van der Waals surface area contributed by atoms with Gasteiger partial charge < -0.3 is 19.5 Å². The molecular formula is C33H31N3O4. The summed E-state index contributed by atoms with van der Waals surface area (Å²) < 4.78 is 18.1. The number of aromatic nitrogens is 1. The Bertz CT molecular complexity index is 1650. The van der Waals surface area contributed by atoms with Gasteiger partial charge in [0.1, 0.15) is 18.1 Å². The first-order valence-corrected chi connectivity index (χ1v) is 13.6. The highest BCUT2D eigenvalue weighted by atomic mass is 16.5. The van der Waals surface area contributed by atoms with E-state index in [1.165, 1.54) is 12.8 Å². The minimum Gasteiger partial charge on any atom is -0.493 e. The van der Waals surface area contributed by atoms with Crippen molar-refractivity contribution >= 4 is 33.3 Å². The second kappa shape index (κ2) is 11.6. The molecule has 2 heterocycles. The third-order valence-corrected chi connectivity index (χ3v) is 7.18. The molecule has 40 heavy (non-hydrogen) atoms. The topological polar surface area (TPSA) is 72.9 Å². The summed E-state index contributed by atoms with van der Waals surface area (Å²) >= 11 is 0. The lowest BCUT2D eigenvalue weighted by molar-refractivity contribution is 0.102. The average Bonchev–Trinajstić information content (AvgIpc) is 3.51. The van der Waals surface area contributed by atoms with E-state index in [1.807, 2.05) is 72.8 Å². The molecule has 1 aromatic heterocycles. The highest BCUT2D eigenvalue weighted by Crippen LogP contribution is 2.37. The molecule has 202 valence electrons. The molecule has 0 saturated carbocycles. The molecule has 1 aliphatic heterocycles. The van der Waals surface area contributed by atoms with Crippen LogP contribution in [0, 0.1) is 0 Å². The lowest BCUT2D eigenvalue weighted by atomic mass is 10.1. The molecule has 5 aromatic rings. The van der Waals surface area contributed by atoms with Crippen molar-refractivity contribution in [2.24, 2.45) is 0 Å². The number of rotatable bonds is 9. The van der Waals surface area contributed by atoms with Gasteiger partial charge >= 0.3 is 0 Å². The minimum atomic E-state index is -0.139. The van der Waals surface area contributed by atoms with Gasteiger partial charge in [0.2, 0.25) is 0 Å². The van der Waals surface area contributed by atoms with Gasteiger partial charge in [0.15, 0.2) is 11.5 Å². The number of carbonyl (C=O) groups is 1. The van der Waals surface area contributed by atoms with E-state index >= 15 is 0 Å². The van der Waals surface area contributed by atoms with E-state index in [-0.39, 0.29) is 5.91 Å². The number of methoxy groups -OCH3 is 1. The van der Waals surface area contributed by atoms with Gasteiger partial charge in [0.05, 0.1) is 12.6 Å². The molecular weight excluding hydrogens is 502 g/mol. The third-order valence-electron chi connectivity index (χ3n) is 7.18. The average molecular weight is 534 g/mol. The molecule has 0 aliphatic carbocycles. The molecule has 6 rings (SSSR count). The van der Waals surface area contributed by atoms with Crippen LogP contribution in [0.25, 0.3) is 21.7 Å². The van der Waals surface area contributed by atoms with Crippen LogP contribution in [0.5, 0.6) is 23.0 Å². The summed E-state index contributed by atoms with van der Waals surface area (Å²) in [4.78, 5) is 19.5. The largest absolute Gasteiger partial charge is 0.493 e.